The van der Waals surface area contributed by atoms with Gasteiger partial charge in [0.2, 0.25) is 0 Å². The van der Waals surface area contributed by atoms with E-state index >= 15 is 0 Å². The molecule has 0 saturated heterocycles. The summed E-state index contributed by atoms with van der Waals surface area (Å²) >= 11 is 0. The molecule has 0 saturated carbocycles. The Kier molecular flexibility index (Phi) is 18.6. The molecule has 0 aliphatic carbocycles. The lowest BCUT2D eigenvalue weighted by atomic mass is 9.71. The number of unbranched alkanes of at least 4 members (excludes halogenated alkanes) is 8. The first-order valence-corrected chi connectivity index (χ1v) is 12.2. The SMILES string of the molecule is C=CCCCCCCC(=CCC)C(C)(CCCCC=C)CCCCC=CCC. The maximum atomic E-state index is 3.89. The third-order valence-electron chi connectivity index (χ3n) is 5.97. The topological polar surface area (TPSA) is 0 Å². The predicted molar refractivity (Wildman–Crippen MR) is 131 cm³/mol. The molecule has 0 spiro atoms. The van der Waals surface area contributed by atoms with Crippen molar-refractivity contribution in [2.24, 2.45) is 5.41 Å². The summed E-state index contributed by atoms with van der Waals surface area (Å²) in [5.41, 5.74) is 2.15. The molecule has 0 aromatic carbocycles. The molecule has 0 aliphatic heterocycles. The Morgan fingerprint density at radius 1 is 0.679 bits per heavy atom. The molecule has 28 heavy (non-hydrogen) atoms. The average molecular weight is 387 g/mol. The molecular weight excluding hydrogens is 336 g/mol. The first-order valence-electron chi connectivity index (χ1n) is 12.2. The largest absolute Gasteiger partial charge is 0.103 e. The van der Waals surface area contributed by atoms with Crippen LogP contribution in [0, 0.1) is 5.41 Å². The van der Waals surface area contributed by atoms with Gasteiger partial charge in [-0.2, -0.15) is 0 Å². The van der Waals surface area contributed by atoms with Crippen LogP contribution in [-0.2, 0) is 0 Å². The first-order chi connectivity index (χ1) is 13.6. The second kappa shape index (κ2) is 19.3. The van der Waals surface area contributed by atoms with Gasteiger partial charge in [0, 0.05) is 0 Å². The Morgan fingerprint density at radius 3 is 1.82 bits per heavy atom. The second-order valence-electron chi connectivity index (χ2n) is 8.60. The highest BCUT2D eigenvalue weighted by atomic mass is 14.3. The van der Waals surface area contributed by atoms with Crippen LogP contribution in [0.5, 0.6) is 0 Å². The van der Waals surface area contributed by atoms with Gasteiger partial charge in [0.1, 0.15) is 0 Å². The van der Waals surface area contributed by atoms with E-state index in [4.69, 9.17) is 0 Å². The Hall–Kier alpha value is -1.04. The second-order valence-corrected chi connectivity index (χ2v) is 8.60. The van der Waals surface area contributed by atoms with Crippen molar-refractivity contribution in [1.29, 1.82) is 0 Å². The zero-order valence-corrected chi connectivity index (χ0v) is 19.6. The predicted octanol–water partition coefficient (Wildman–Crippen LogP) is 10.1. The van der Waals surface area contributed by atoms with Gasteiger partial charge in [-0.1, -0.05) is 82.4 Å². The van der Waals surface area contributed by atoms with E-state index in [-0.39, 0.29) is 0 Å². The first kappa shape index (κ1) is 27.0. The molecular formula is C28H50. The summed E-state index contributed by atoms with van der Waals surface area (Å²) in [5, 5.41) is 0. The lowest BCUT2D eigenvalue weighted by molar-refractivity contribution is 0.299. The smallest absolute Gasteiger partial charge is 0.0116 e. The van der Waals surface area contributed by atoms with Gasteiger partial charge in [-0.25, -0.2) is 0 Å². The molecule has 0 aromatic rings. The molecule has 0 nitrogen and oxygen atoms in total. The van der Waals surface area contributed by atoms with Crippen molar-refractivity contribution in [2.45, 2.75) is 124 Å². The summed E-state index contributed by atoms with van der Waals surface area (Å²) in [6.07, 6.45) is 32.0. The minimum Gasteiger partial charge on any atom is -0.103 e. The van der Waals surface area contributed by atoms with Gasteiger partial charge >= 0.3 is 0 Å². The Balaban J connectivity index is 4.75. The van der Waals surface area contributed by atoms with Gasteiger partial charge in [0.25, 0.3) is 0 Å². The van der Waals surface area contributed by atoms with E-state index in [9.17, 15) is 0 Å². The van der Waals surface area contributed by atoms with Crippen LogP contribution >= 0.6 is 0 Å². The highest BCUT2D eigenvalue weighted by molar-refractivity contribution is 5.13. The fourth-order valence-corrected chi connectivity index (χ4v) is 4.17. The maximum Gasteiger partial charge on any atom is -0.0116 e. The zero-order valence-electron chi connectivity index (χ0n) is 19.6. The number of rotatable bonds is 20. The summed E-state index contributed by atoms with van der Waals surface area (Å²) < 4.78 is 0. The number of allylic oxidation sites excluding steroid dienone is 6. The number of hydrogen-bond donors (Lipinski definition) is 0. The van der Waals surface area contributed by atoms with Crippen molar-refractivity contribution in [1.82, 2.24) is 0 Å². The minimum absolute atomic E-state index is 0.396. The van der Waals surface area contributed by atoms with Crippen LogP contribution in [-0.4, -0.2) is 0 Å². The summed E-state index contributed by atoms with van der Waals surface area (Å²) in [5.74, 6) is 0. The van der Waals surface area contributed by atoms with Crippen molar-refractivity contribution in [3.8, 4) is 0 Å². The van der Waals surface area contributed by atoms with Gasteiger partial charge in [0.05, 0.1) is 0 Å². The van der Waals surface area contributed by atoms with Crippen molar-refractivity contribution in [3.05, 3.63) is 49.1 Å². The molecule has 0 amide bonds. The van der Waals surface area contributed by atoms with Gasteiger partial charge in [-0.3, -0.25) is 0 Å². The van der Waals surface area contributed by atoms with E-state index < -0.39 is 0 Å². The van der Waals surface area contributed by atoms with E-state index in [1.807, 2.05) is 0 Å². The molecule has 0 aromatic heterocycles. The molecule has 0 N–H and O–H groups in total. The highest BCUT2D eigenvalue weighted by Crippen LogP contribution is 2.41. The lowest BCUT2D eigenvalue weighted by Gasteiger charge is -2.34. The van der Waals surface area contributed by atoms with Gasteiger partial charge < -0.3 is 0 Å². The van der Waals surface area contributed by atoms with Crippen LogP contribution in [0.25, 0.3) is 0 Å². The van der Waals surface area contributed by atoms with Crippen molar-refractivity contribution in [2.75, 3.05) is 0 Å². The van der Waals surface area contributed by atoms with Gasteiger partial charge in [-0.05, 0) is 82.5 Å². The summed E-state index contributed by atoms with van der Waals surface area (Å²) in [6, 6.07) is 0. The van der Waals surface area contributed by atoms with E-state index in [2.05, 4.69) is 64.3 Å². The van der Waals surface area contributed by atoms with Crippen LogP contribution in [0.1, 0.15) is 124 Å². The maximum absolute atomic E-state index is 3.89. The highest BCUT2D eigenvalue weighted by Gasteiger charge is 2.27. The third-order valence-corrected chi connectivity index (χ3v) is 5.97. The fourth-order valence-electron chi connectivity index (χ4n) is 4.17. The summed E-state index contributed by atoms with van der Waals surface area (Å²) in [6.45, 7) is 14.8. The van der Waals surface area contributed by atoms with Crippen molar-refractivity contribution < 1.29 is 0 Å². The Morgan fingerprint density at radius 2 is 1.25 bits per heavy atom. The molecule has 0 bridgehead atoms. The molecule has 0 fully saturated rings. The van der Waals surface area contributed by atoms with Crippen LogP contribution in [0.3, 0.4) is 0 Å². The van der Waals surface area contributed by atoms with E-state index in [1.54, 1.807) is 5.57 Å². The Labute approximate surface area is 178 Å². The normalized spacial score (nSPS) is 14.3. The number of hydrogen-bond acceptors (Lipinski definition) is 0. The molecule has 0 heterocycles. The molecule has 162 valence electrons. The quantitative estimate of drug-likeness (QED) is 0.144. The van der Waals surface area contributed by atoms with Gasteiger partial charge in [-0.15, -0.1) is 13.2 Å². The molecule has 1 atom stereocenters. The molecule has 0 rings (SSSR count). The van der Waals surface area contributed by atoms with Crippen LogP contribution in [0.4, 0.5) is 0 Å². The molecule has 0 heteroatoms. The fraction of sp³-hybridized carbons (Fsp3) is 0.714. The average Bonchev–Trinajstić information content (AvgIpc) is 2.69. The van der Waals surface area contributed by atoms with E-state index in [1.165, 1.54) is 89.9 Å². The van der Waals surface area contributed by atoms with Crippen LogP contribution in [0.2, 0.25) is 0 Å². The molecule has 0 radical (unpaired) electrons. The van der Waals surface area contributed by atoms with E-state index in [0.29, 0.717) is 5.41 Å². The zero-order chi connectivity index (χ0) is 20.9. The lowest BCUT2D eigenvalue weighted by Crippen LogP contribution is -2.20. The standard InChI is InChI=1S/C28H50/c1-6-10-13-16-18-20-24-27(23-9-4)28(5,25-21-15-12-8-3)26-22-19-17-14-11-7-2/h6,8,11,14,23H,1,3,7,9-10,12-13,15-22,24-26H2,2,4-5H3. The van der Waals surface area contributed by atoms with Crippen LogP contribution < -0.4 is 0 Å². The monoisotopic (exact) mass is 386 g/mol. The molecule has 1 unspecified atom stereocenters. The van der Waals surface area contributed by atoms with Crippen LogP contribution in [0.15, 0.2) is 49.1 Å². The van der Waals surface area contributed by atoms with E-state index in [0.717, 1.165) is 12.8 Å². The third kappa shape index (κ3) is 14.0. The van der Waals surface area contributed by atoms with Gasteiger partial charge in [0.15, 0.2) is 0 Å². The summed E-state index contributed by atoms with van der Waals surface area (Å²) in [7, 11) is 0. The van der Waals surface area contributed by atoms with Crippen molar-refractivity contribution >= 4 is 0 Å². The molecule has 0 aliphatic rings. The Bertz CT molecular complexity index is 425. The minimum atomic E-state index is 0.396. The summed E-state index contributed by atoms with van der Waals surface area (Å²) in [4.78, 5) is 0. The van der Waals surface area contributed by atoms with Crippen molar-refractivity contribution in [3.63, 3.8) is 0 Å².